The van der Waals surface area contributed by atoms with Crippen LogP contribution < -0.4 is 21.1 Å². The molecule has 0 fully saturated rings. The van der Waals surface area contributed by atoms with E-state index in [1.54, 1.807) is 12.4 Å². The molecule has 1 unspecified atom stereocenters. The van der Waals surface area contributed by atoms with Crippen molar-refractivity contribution >= 4 is 23.0 Å². The van der Waals surface area contributed by atoms with E-state index in [1.165, 1.54) is 0 Å². The Labute approximate surface area is 91.4 Å². The maximum absolute atomic E-state index is 4.34. The fourth-order valence-corrected chi connectivity index (χ4v) is 2.08. The van der Waals surface area contributed by atoms with Gasteiger partial charge in [-0.25, -0.2) is 9.97 Å². The summed E-state index contributed by atoms with van der Waals surface area (Å²) in [6.45, 7) is 0. The van der Waals surface area contributed by atoms with Crippen LogP contribution in [0.15, 0.2) is 36.7 Å². The highest BCUT2D eigenvalue weighted by Crippen LogP contribution is 2.35. The molecular formula is C10H9N6+. The number of fused-ring (bicyclic) bond motifs is 5. The lowest BCUT2D eigenvalue weighted by molar-refractivity contribution is -0.847. The van der Waals surface area contributed by atoms with E-state index in [9.17, 15) is 0 Å². The maximum Gasteiger partial charge on any atom is 0.236 e. The molecule has 2 aliphatic heterocycles. The Morgan fingerprint density at radius 2 is 1.94 bits per heavy atom. The molecule has 0 saturated heterocycles. The van der Waals surface area contributed by atoms with Gasteiger partial charge in [0.25, 0.3) is 0 Å². The van der Waals surface area contributed by atoms with E-state index in [0.29, 0.717) is 0 Å². The predicted molar refractivity (Wildman–Crippen MR) is 58.8 cm³/mol. The van der Waals surface area contributed by atoms with Gasteiger partial charge in [0.15, 0.2) is 0 Å². The third-order valence-electron chi connectivity index (χ3n) is 2.75. The van der Waals surface area contributed by atoms with Crippen molar-refractivity contribution in [2.45, 2.75) is 0 Å². The average Bonchev–Trinajstić information content (AvgIpc) is 2.83. The minimum Gasteiger partial charge on any atom is -0.230 e. The lowest BCUT2D eigenvalue weighted by Gasteiger charge is -2.12. The Hall–Kier alpha value is -2.34. The Balaban J connectivity index is 1.93. The van der Waals surface area contributed by atoms with Crippen molar-refractivity contribution in [2.24, 2.45) is 0 Å². The third kappa shape index (κ3) is 0.842. The number of hydrogen-bond donors (Lipinski definition) is 3. The van der Waals surface area contributed by atoms with Gasteiger partial charge in [0.1, 0.15) is 11.4 Å². The fourth-order valence-electron chi connectivity index (χ4n) is 2.08. The topological polar surface area (TPSA) is 57.5 Å². The molecule has 6 nitrogen and oxygen atoms in total. The predicted octanol–water partition coefficient (Wildman–Crippen LogP) is 0.0956. The number of anilines is 4. The summed E-state index contributed by atoms with van der Waals surface area (Å²) in [5.41, 5.74) is 8.68. The number of quaternary nitrogens is 1. The monoisotopic (exact) mass is 213 g/mol. The molecule has 1 aromatic heterocycles. The highest BCUT2D eigenvalue weighted by Gasteiger charge is 2.41. The van der Waals surface area contributed by atoms with Gasteiger partial charge >= 0.3 is 0 Å². The van der Waals surface area contributed by atoms with Crippen molar-refractivity contribution in [3.05, 3.63) is 36.7 Å². The highest BCUT2D eigenvalue weighted by atomic mass is 16.0. The van der Waals surface area contributed by atoms with E-state index >= 15 is 0 Å². The molecule has 3 heterocycles. The summed E-state index contributed by atoms with van der Waals surface area (Å²) in [4.78, 5) is 8.58. The molecule has 0 amide bonds. The molecule has 1 atom stereocenters. The summed E-state index contributed by atoms with van der Waals surface area (Å²) < 4.78 is 0. The largest absolute Gasteiger partial charge is 0.236 e. The van der Waals surface area contributed by atoms with Crippen molar-refractivity contribution in [2.75, 3.05) is 15.9 Å². The lowest BCUT2D eigenvalue weighted by atomic mass is 10.3. The Morgan fingerprint density at radius 3 is 2.94 bits per heavy atom. The molecule has 1 aromatic carbocycles. The van der Waals surface area contributed by atoms with Crippen molar-refractivity contribution < 1.29 is 5.23 Å². The second-order valence-corrected chi connectivity index (χ2v) is 3.68. The van der Waals surface area contributed by atoms with Gasteiger partial charge in [-0.2, -0.15) is 10.9 Å². The summed E-state index contributed by atoms with van der Waals surface area (Å²) in [5.74, 6) is 1.63. The van der Waals surface area contributed by atoms with Crippen molar-refractivity contribution in [1.29, 1.82) is 0 Å². The molecule has 4 rings (SSSR count). The Bertz CT molecular complexity index is 519. The third-order valence-corrected chi connectivity index (χ3v) is 2.75. The van der Waals surface area contributed by atoms with Crippen LogP contribution in [0, 0.1) is 0 Å². The first-order valence-electron chi connectivity index (χ1n) is 5.05. The number of nitrogens with zero attached hydrogens (tertiary/aromatic N) is 3. The summed E-state index contributed by atoms with van der Waals surface area (Å²) in [6.07, 6.45) is 3.38. The van der Waals surface area contributed by atoms with Gasteiger partial charge in [0.05, 0.1) is 0 Å². The summed E-state index contributed by atoms with van der Waals surface area (Å²) in [7, 11) is 0. The van der Waals surface area contributed by atoms with Gasteiger partial charge in [-0.05, 0) is 17.4 Å². The van der Waals surface area contributed by atoms with E-state index in [4.69, 9.17) is 0 Å². The SMILES string of the molecule is c1ccc2c(c1)N[NH+]1Nc3nccnc3N21. The first kappa shape index (κ1) is 7.89. The van der Waals surface area contributed by atoms with Crippen LogP contribution in [0.25, 0.3) is 0 Å². The number of rotatable bonds is 0. The number of aromatic nitrogens is 2. The number of hydrogen-bond acceptors (Lipinski definition) is 5. The van der Waals surface area contributed by atoms with E-state index in [1.807, 2.05) is 23.2 Å². The zero-order chi connectivity index (χ0) is 10.5. The first-order valence-corrected chi connectivity index (χ1v) is 5.05. The molecular weight excluding hydrogens is 204 g/mol. The lowest BCUT2D eigenvalue weighted by Crippen LogP contribution is -3.20. The van der Waals surface area contributed by atoms with Crippen LogP contribution in [0.2, 0.25) is 0 Å². The Morgan fingerprint density at radius 1 is 1.06 bits per heavy atom. The second-order valence-electron chi connectivity index (χ2n) is 3.68. The standard InChI is InChI=1S/C10H8N6/c1-2-4-8-7(3-1)13-16-14-9-10(15(8)16)12-6-5-11-9/h1-6,13H,(H,11,14)/p+1. The van der Waals surface area contributed by atoms with E-state index in [0.717, 1.165) is 28.2 Å². The minimum atomic E-state index is 0.791. The van der Waals surface area contributed by atoms with E-state index in [2.05, 4.69) is 26.9 Å². The number of nitrogens with one attached hydrogen (secondary N) is 3. The summed E-state index contributed by atoms with van der Waals surface area (Å²) in [6, 6.07) is 8.11. The van der Waals surface area contributed by atoms with Crippen LogP contribution in [0.3, 0.4) is 0 Å². The van der Waals surface area contributed by atoms with Crippen molar-refractivity contribution in [3.8, 4) is 0 Å². The van der Waals surface area contributed by atoms with Crippen molar-refractivity contribution in [1.82, 2.24) is 9.97 Å². The van der Waals surface area contributed by atoms with Gasteiger partial charge in [0.2, 0.25) is 11.6 Å². The van der Waals surface area contributed by atoms with Crippen LogP contribution >= 0.6 is 0 Å². The molecule has 0 radical (unpaired) electrons. The van der Waals surface area contributed by atoms with E-state index in [-0.39, 0.29) is 0 Å². The molecule has 78 valence electrons. The zero-order valence-electron chi connectivity index (χ0n) is 8.31. The van der Waals surface area contributed by atoms with Gasteiger partial charge in [-0.15, -0.1) is 5.01 Å². The highest BCUT2D eigenvalue weighted by molar-refractivity contribution is 5.80. The molecule has 3 N–H and O–H groups in total. The number of para-hydroxylation sites is 2. The normalized spacial score (nSPS) is 19.5. The van der Waals surface area contributed by atoms with Gasteiger partial charge < -0.3 is 0 Å². The molecule has 16 heavy (non-hydrogen) atoms. The summed E-state index contributed by atoms with van der Waals surface area (Å²) in [5, 5.41) is 2.94. The molecule has 6 heteroatoms. The quantitative estimate of drug-likeness (QED) is 0.579. The average molecular weight is 213 g/mol. The second kappa shape index (κ2) is 2.61. The molecule has 0 bridgehead atoms. The van der Waals surface area contributed by atoms with Crippen LogP contribution in [-0.2, 0) is 0 Å². The Kier molecular flexibility index (Phi) is 1.29. The number of benzene rings is 1. The minimum absolute atomic E-state index is 0.791. The molecule has 2 aromatic rings. The molecule has 0 spiro atoms. The molecule has 0 aliphatic carbocycles. The molecule has 0 saturated carbocycles. The zero-order valence-corrected chi connectivity index (χ0v) is 8.31. The van der Waals surface area contributed by atoms with Crippen LogP contribution in [-0.4, -0.2) is 9.97 Å². The molecule has 2 aliphatic rings. The van der Waals surface area contributed by atoms with Crippen LogP contribution in [0.1, 0.15) is 0 Å². The maximum atomic E-state index is 4.34. The first-order chi connectivity index (χ1) is 7.93. The van der Waals surface area contributed by atoms with E-state index < -0.39 is 0 Å². The van der Waals surface area contributed by atoms with Gasteiger partial charge in [0, 0.05) is 12.4 Å². The van der Waals surface area contributed by atoms with Gasteiger partial charge in [-0.3, -0.25) is 0 Å². The van der Waals surface area contributed by atoms with Crippen molar-refractivity contribution in [3.63, 3.8) is 0 Å². The summed E-state index contributed by atoms with van der Waals surface area (Å²) >= 11 is 0. The fraction of sp³-hybridized carbons (Fsp3) is 0. The van der Waals surface area contributed by atoms with Crippen LogP contribution in [0.4, 0.5) is 23.0 Å². The smallest absolute Gasteiger partial charge is 0.230 e. The van der Waals surface area contributed by atoms with Crippen LogP contribution in [0.5, 0.6) is 0 Å². The van der Waals surface area contributed by atoms with Gasteiger partial charge in [-0.1, -0.05) is 12.1 Å².